The number of anilines is 1. The first-order chi connectivity index (χ1) is 16.6. The number of methoxy groups -OCH3 is 1. The summed E-state index contributed by atoms with van der Waals surface area (Å²) in [5.41, 5.74) is 1.97. The number of pyridine rings is 1. The van der Waals surface area contributed by atoms with Crippen molar-refractivity contribution >= 4 is 17.5 Å². The van der Waals surface area contributed by atoms with Gasteiger partial charge in [-0.2, -0.15) is 0 Å². The number of nitrogens with zero attached hydrogens (tertiary/aromatic N) is 3. The van der Waals surface area contributed by atoms with Gasteiger partial charge in [0.1, 0.15) is 11.5 Å². The van der Waals surface area contributed by atoms with Gasteiger partial charge in [-0.25, -0.2) is 0 Å². The highest BCUT2D eigenvalue weighted by molar-refractivity contribution is 6.35. The van der Waals surface area contributed by atoms with Crippen molar-refractivity contribution in [1.29, 1.82) is 0 Å². The van der Waals surface area contributed by atoms with Crippen LogP contribution in [-0.2, 0) is 16.1 Å². The maximum atomic E-state index is 12.4. The molecule has 9 nitrogen and oxygen atoms in total. The van der Waals surface area contributed by atoms with Crippen LogP contribution in [0.3, 0.4) is 0 Å². The van der Waals surface area contributed by atoms with Crippen LogP contribution in [0.2, 0.25) is 0 Å². The molecule has 1 fully saturated rings. The van der Waals surface area contributed by atoms with Crippen molar-refractivity contribution in [2.24, 2.45) is 0 Å². The minimum Gasteiger partial charge on any atom is -0.497 e. The van der Waals surface area contributed by atoms with Crippen molar-refractivity contribution in [3.05, 3.63) is 78.5 Å². The van der Waals surface area contributed by atoms with E-state index in [4.69, 9.17) is 9.15 Å². The SMILES string of the molecule is COc1ccc(N2CCN([C@H](CNC(=O)C(=O)NCc3cccnc3)c3ccco3)CC2)cc1. The molecule has 0 spiro atoms. The average Bonchev–Trinajstić information content (AvgIpc) is 3.43. The molecule has 34 heavy (non-hydrogen) atoms. The third-order valence-corrected chi connectivity index (χ3v) is 5.90. The van der Waals surface area contributed by atoms with Crippen molar-refractivity contribution in [1.82, 2.24) is 20.5 Å². The lowest BCUT2D eigenvalue weighted by atomic mass is 10.1. The Balaban J connectivity index is 1.31. The second kappa shape index (κ2) is 11.3. The number of hydrogen-bond donors (Lipinski definition) is 2. The summed E-state index contributed by atoms with van der Waals surface area (Å²) >= 11 is 0. The fourth-order valence-corrected chi connectivity index (χ4v) is 4.01. The van der Waals surface area contributed by atoms with E-state index in [1.807, 2.05) is 30.3 Å². The van der Waals surface area contributed by atoms with E-state index in [1.165, 1.54) is 0 Å². The summed E-state index contributed by atoms with van der Waals surface area (Å²) in [5, 5.41) is 5.39. The van der Waals surface area contributed by atoms with Crippen molar-refractivity contribution in [3.63, 3.8) is 0 Å². The molecule has 1 aromatic carbocycles. The highest BCUT2D eigenvalue weighted by Gasteiger charge is 2.28. The minimum absolute atomic E-state index is 0.164. The second-order valence-electron chi connectivity index (χ2n) is 8.01. The molecule has 4 rings (SSSR count). The van der Waals surface area contributed by atoms with E-state index in [-0.39, 0.29) is 19.1 Å². The number of hydrogen-bond acceptors (Lipinski definition) is 7. The Morgan fingerprint density at radius 2 is 1.79 bits per heavy atom. The molecule has 1 aliphatic heterocycles. The van der Waals surface area contributed by atoms with Gasteiger partial charge in [0.15, 0.2) is 0 Å². The van der Waals surface area contributed by atoms with Gasteiger partial charge in [-0.3, -0.25) is 19.5 Å². The molecule has 0 radical (unpaired) electrons. The zero-order chi connectivity index (χ0) is 23.8. The molecule has 1 saturated heterocycles. The number of rotatable bonds is 8. The van der Waals surface area contributed by atoms with E-state index < -0.39 is 11.8 Å². The Morgan fingerprint density at radius 1 is 1.03 bits per heavy atom. The van der Waals surface area contributed by atoms with Crippen LogP contribution in [0, 0.1) is 0 Å². The predicted octanol–water partition coefficient (Wildman–Crippen LogP) is 1.98. The van der Waals surface area contributed by atoms with E-state index in [9.17, 15) is 9.59 Å². The molecule has 1 atom stereocenters. The minimum atomic E-state index is -0.675. The predicted molar refractivity (Wildman–Crippen MR) is 127 cm³/mol. The quantitative estimate of drug-likeness (QED) is 0.493. The number of amides is 2. The normalized spacial score (nSPS) is 14.9. The molecule has 0 unspecified atom stereocenters. The highest BCUT2D eigenvalue weighted by atomic mass is 16.5. The fourth-order valence-electron chi connectivity index (χ4n) is 4.01. The van der Waals surface area contributed by atoms with Gasteiger partial charge < -0.3 is 24.7 Å². The van der Waals surface area contributed by atoms with E-state index >= 15 is 0 Å². The topological polar surface area (TPSA) is 99.9 Å². The lowest BCUT2D eigenvalue weighted by Gasteiger charge is -2.39. The van der Waals surface area contributed by atoms with Crippen LogP contribution in [0.4, 0.5) is 5.69 Å². The zero-order valence-electron chi connectivity index (χ0n) is 19.1. The van der Waals surface area contributed by atoms with Crippen molar-refractivity contribution in [2.75, 3.05) is 44.7 Å². The number of benzene rings is 1. The molecule has 178 valence electrons. The monoisotopic (exact) mass is 463 g/mol. The molecule has 2 amide bonds. The largest absolute Gasteiger partial charge is 0.497 e. The number of carbonyl (C=O) groups excluding carboxylic acids is 2. The Kier molecular flexibility index (Phi) is 7.77. The van der Waals surface area contributed by atoms with Crippen molar-refractivity contribution in [2.45, 2.75) is 12.6 Å². The number of nitrogens with one attached hydrogen (secondary N) is 2. The maximum absolute atomic E-state index is 12.4. The molecule has 0 saturated carbocycles. The number of ether oxygens (including phenoxy) is 1. The van der Waals surface area contributed by atoms with Crippen LogP contribution in [0.1, 0.15) is 17.4 Å². The van der Waals surface area contributed by atoms with E-state index in [0.29, 0.717) is 0 Å². The standard InChI is InChI=1S/C25H29N5O4/c1-33-21-8-6-20(7-9-21)29-11-13-30(14-12-29)22(23-5-3-15-34-23)18-28-25(32)24(31)27-17-19-4-2-10-26-16-19/h2-10,15-16,22H,11-14,17-18H2,1H3,(H,27,31)(H,28,32)/t22-/m1/s1. The molecule has 3 heterocycles. The van der Waals surface area contributed by atoms with Crippen molar-refractivity contribution < 1.29 is 18.7 Å². The molecule has 0 aliphatic carbocycles. The molecular weight excluding hydrogens is 434 g/mol. The lowest BCUT2D eigenvalue weighted by Crippen LogP contribution is -2.50. The summed E-state index contributed by atoms with van der Waals surface area (Å²) in [6.07, 6.45) is 4.93. The first-order valence-electron chi connectivity index (χ1n) is 11.3. The van der Waals surface area contributed by atoms with Gasteiger partial charge in [0.2, 0.25) is 0 Å². The lowest BCUT2D eigenvalue weighted by molar-refractivity contribution is -0.139. The number of aromatic nitrogens is 1. The summed E-state index contributed by atoms with van der Waals surface area (Å²) in [6, 6.07) is 15.2. The Hall–Kier alpha value is -3.85. The van der Waals surface area contributed by atoms with Crippen molar-refractivity contribution in [3.8, 4) is 5.75 Å². The van der Waals surface area contributed by atoms with Gasteiger partial charge in [0.25, 0.3) is 0 Å². The zero-order valence-corrected chi connectivity index (χ0v) is 19.1. The number of carbonyl (C=O) groups is 2. The van der Waals surface area contributed by atoms with Crippen LogP contribution in [0.5, 0.6) is 5.75 Å². The Labute approximate surface area is 198 Å². The third-order valence-electron chi connectivity index (χ3n) is 5.90. The van der Waals surface area contributed by atoms with E-state index in [2.05, 4.69) is 37.6 Å². The summed E-state index contributed by atoms with van der Waals surface area (Å²) in [5.74, 6) is 0.248. The first-order valence-corrected chi connectivity index (χ1v) is 11.3. The van der Waals surface area contributed by atoms with Crippen LogP contribution >= 0.6 is 0 Å². The molecule has 3 aromatic rings. The van der Waals surface area contributed by atoms with Gasteiger partial charge in [-0.15, -0.1) is 0 Å². The second-order valence-corrected chi connectivity index (χ2v) is 8.01. The third kappa shape index (κ3) is 5.93. The smallest absolute Gasteiger partial charge is 0.309 e. The molecule has 2 aromatic heterocycles. The number of furan rings is 1. The van der Waals surface area contributed by atoms with E-state index in [1.54, 1.807) is 31.8 Å². The highest BCUT2D eigenvalue weighted by Crippen LogP contribution is 2.25. The van der Waals surface area contributed by atoms with E-state index in [0.717, 1.165) is 48.9 Å². The van der Waals surface area contributed by atoms with Crippen LogP contribution in [-0.4, -0.2) is 61.5 Å². The summed E-state index contributed by atoms with van der Waals surface area (Å²) in [4.78, 5) is 33.2. The van der Waals surface area contributed by atoms with Gasteiger partial charge in [0.05, 0.1) is 19.4 Å². The summed E-state index contributed by atoms with van der Waals surface area (Å²) in [6.45, 7) is 3.78. The molecule has 2 N–H and O–H groups in total. The number of piperazine rings is 1. The van der Waals surface area contributed by atoms with Gasteiger partial charge in [0, 0.05) is 57.3 Å². The molecular formula is C25H29N5O4. The molecule has 9 heteroatoms. The molecule has 0 bridgehead atoms. The van der Waals surface area contributed by atoms with Gasteiger partial charge in [-0.1, -0.05) is 6.07 Å². The Bertz CT molecular complexity index is 1050. The van der Waals surface area contributed by atoms with Gasteiger partial charge in [-0.05, 0) is 48.0 Å². The summed E-state index contributed by atoms with van der Waals surface area (Å²) in [7, 11) is 1.66. The van der Waals surface area contributed by atoms with Gasteiger partial charge >= 0.3 is 11.8 Å². The fraction of sp³-hybridized carbons (Fsp3) is 0.320. The average molecular weight is 464 g/mol. The first kappa shape index (κ1) is 23.3. The van der Waals surface area contributed by atoms with Crippen LogP contribution in [0.25, 0.3) is 0 Å². The summed E-state index contributed by atoms with van der Waals surface area (Å²) < 4.78 is 10.9. The van der Waals surface area contributed by atoms with Crippen LogP contribution < -0.4 is 20.3 Å². The maximum Gasteiger partial charge on any atom is 0.309 e. The molecule has 1 aliphatic rings. The Morgan fingerprint density at radius 3 is 2.44 bits per heavy atom. The van der Waals surface area contributed by atoms with Crippen LogP contribution in [0.15, 0.2) is 71.6 Å².